The van der Waals surface area contributed by atoms with Crippen LogP contribution in [0.1, 0.15) is 31.9 Å². The van der Waals surface area contributed by atoms with Crippen molar-refractivity contribution in [1.82, 2.24) is 0 Å². The van der Waals surface area contributed by atoms with E-state index in [0.29, 0.717) is 13.2 Å². The van der Waals surface area contributed by atoms with E-state index in [1.165, 1.54) is 11.1 Å². The fourth-order valence-electron chi connectivity index (χ4n) is 3.38. The molecule has 0 spiro atoms. The van der Waals surface area contributed by atoms with Gasteiger partial charge in [0.15, 0.2) is 0 Å². The van der Waals surface area contributed by atoms with E-state index >= 15 is 0 Å². The van der Waals surface area contributed by atoms with Crippen LogP contribution in [0.15, 0.2) is 60.7 Å². The minimum atomic E-state index is -0.0740. The van der Waals surface area contributed by atoms with Gasteiger partial charge < -0.3 is 14.2 Å². The van der Waals surface area contributed by atoms with Crippen LogP contribution in [-0.2, 0) is 27.4 Å². The maximum atomic E-state index is 6.32. The minimum Gasteiger partial charge on any atom is -0.372 e. The van der Waals surface area contributed by atoms with Crippen molar-refractivity contribution >= 4 is 0 Å². The molecular formula is C22H28O3. The van der Waals surface area contributed by atoms with Crippen molar-refractivity contribution in [3.8, 4) is 0 Å². The third-order valence-electron chi connectivity index (χ3n) is 5.04. The molecule has 1 aliphatic rings. The zero-order valence-electron chi connectivity index (χ0n) is 15.3. The van der Waals surface area contributed by atoms with Crippen LogP contribution in [0, 0.1) is 5.92 Å². The third-order valence-corrected chi connectivity index (χ3v) is 5.04. The average molecular weight is 340 g/mol. The zero-order chi connectivity index (χ0) is 17.6. The Morgan fingerprint density at radius 3 is 1.68 bits per heavy atom. The topological polar surface area (TPSA) is 27.7 Å². The third kappa shape index (κ3) is 4.69. The molecule has 0 N–H and O–H groups in total. The first-order valence-electron chi connectivity index (χ1n) is 9.11. The van der Waals surface area contributed by atoms with Crippen LogP contribution < -0.4 is 0 Å². The number of ether oxygens (including phenoxy) is 3. The van der Waals surface area contributed by atoms with Crippen molar-refractivity contribution in [2.24, 2.45) is 5.92 Å². The molecule has 25 heavy (non-hydrogen) atoms. The maximum absolute atomic E-state index is 6.32. The first kappa shape index (κ1) is 18.1. The van der Waals surface area contributed by atoms with E-state index in [1.54, 1.807) is 0 Å². The van der Waals surface area contributed by atoms with Gasteiger partial charge in [-0.1, -0.05) is 67.6 Å². The number of benzene rings is 2. The lowest BCUT2D eigenvalue weighted by molar-refractivity contribution is -0.223. The second kappa shape index (κ2) is 8.61. The number of hydrogen-bond donors (Lipinski definition) is 0. The van der Waals surface area contributed by atoms with Crippen LogP contribution in [0.5, 0.6) is 0 Å². The molecule has 5 atom stereocenters. The van der Waals surface area contributed by atoms with Crippen molar-refractivity contribution in [3.63, 3.8) is 0 Å². The first-order chi connectivity index (χ1) is 12.1. The van der Waals surface area contributed by atoms with Crippen LogP contribution in [0.2, 0.25) is 0 Å². The lowest BCUT2D eigenvalue weighted by Gasteiger charge is -2.43. The smallest absolute Gasteiger partial charge is 0.110 e. The molecule has 3 nitrogen and oxygen atoms in total. The Morgan fingerprint density at radius 1 is 0.680 bits per heavy atom. The molecular weight excluding hydrogens is 312 g/mol. The lowest BCUT2D eigenvalue weighted by atomic mass is 9.89. The summed E-state index contributed by atoms with van der Waals surface area (Å²) in [6.45, 7) is 7.56. The molecule has 0 radical (unpaired) electrons. The molecule has 1 heterocycles. The van der Waals surface area contributed by atoms with Crippen molar-refractivity contribution in [3.05, 3.63) is 71.8 Å². The minimum absolute atomic E-state index is 0.00989. The second-order valence-corrected chi connectivity index (χ2v) is 6.93. The van der Waals surface area contributed by atoms with Crippen LogP contribution in [0.3, 0.4) is 0 Å². The molecule has 1 fully saturated rings. The van der Waals surface area contributed by atoms with Crippen molar-refractivity contribution in [2.45, 2.75) is 58.4 Å². The van der Waals surface area contributed by atoms with E-state index in [-0.39, 0.29) is 30.3 Å². The van der Waals surface area contributed by atoms with Crippen LogP contribution in [0.4, 0.5) is 0 Å². The molecule has 0 aromatic heterocycles. The summed E-state index contributed by atoms with van der Waals surface area (Å²) in [5, 5.41) is 0. The van der Waals surface area contributed by atoms with Gasteiger partial charge in [0.1, 0.15) is 6.10 Å². The summed E-state index contributed by atoms with van der Waals surface area (Å²) in [7, 11) is 0. The highest BCUT2D eigenvalue weighted by molar-refractivity contribution is 5.14. The van der Waals surface area contributed by atoms with Gasteiger partial charge in [-0.25, -0.2) is 0 Å². The number of hydrogen-bond acceptors (Lipinski definition) is 3. The van der Waals surface area contributed by atoms with Gasteiger partial charge in [-0.3, -0.25) is 0 Å². The quantitative estimate of drug-likeness (QED) is 0.769. The SMILES string of the molecule is CC1OC(C)[C@H](OCc2ccccc2)[C@H](OCc2ccccc2)C1C. The Labute approximate surface area is 150 Å². The fourth-order valence-corrected chi connectivity index (χ4v) is 3.38. The molecule has 3 heteroatoms. The standard InChI is InChI=1S/C22H28O3/c1-16-17(2)25-18(3)22(24-15-20-12-8-5-9-13-20)21(16)23-14-19-10-6-4-7-11-19/h4-13,16-18,21-22H,14-15H2,1-3H3/t16?,17?,18?,21-,22+/m1/s1. The Bertz CT molecular complexity index is 628. The summed E-state index contributed by atoms with van der Waals surface area (Å²) in [5.74, 6) is 0.278. The molecule has 2 aromatic rings. The van der Waals surface area contributed by atoms with Crippen molar-refractivity contribution < 1.29 is 14.2 Å². The molecule has 134 valence electrons. The van der Waals surface area contributed by atoms with Gasteiger partial charge in [-0.05, 0) is 25.0 Å². The molecule has 0 saturated carbocycles. The molecule has 3 rings (SSSR count). The second-order valence-electron chi connectivity index (χ2n) is 6.93. The highest BCUT2D eigenvalue weighted by Crippen LogP contribution is 2.31. The van der Waals surface area contributed by atoms with Gasteiger partial charge in [-0.2, -0.15) is 0 Å². The predicted octanol–water partition coefficient (Wildman–Crippen LogP) is 4.60. The maximum Gasteiger partial charge on any atom is 0.110 e. The molecule has 1 saturated heterocycles. The van der Waals surface area contributed by atoms with Gasteiger partial charge in [0.2, 0.25) is 0 Å². The first-order valence-corrected chi connectivity index (χ1v) is 9.11. The van der Waals surface area contributed by atoms with E-state index in [0.717, 1.165) is 0 Å². The Morgan fingerprint density at radius 2 is 1.16 bits per heavy atom. The Balaban J connectivity index is 1.67. The van der Waals surface area contributed by atoms with E-state index in [4.69, 9.17) is 14.2 Å². The van der Waals surface area contributed by atoms with Crippen molar-refractivity contribution in [2.75, 3.05) is 0 Å². The molecule has 0 aliphatic carbocycles. The Kier molecular flexibility index (Phi) is 6.24. The van der Waals surface area contributed by atoms with E-state index in [2.05, 4.69) is 45.0 Å². The van der Waals surface area contributed by atoms with Gasteiger partial charge in [0.05, 0.1) is 31.5 Å². The fraction of sp³-hybridized carbons (Fsp3) is 0.455. The number of rotatable bonds is 6. The lowest BCUT2D eigenvalue weighted by Crippen LogP contribution is -2.53. The largest absolute Gasteiger partial charge is 0.372 e. The molecule has 0 amide bonds. The highest BCUT2D eigenvalue weighted by atomic mass is 16.6. The van der Waals surface area contributed by atoms with Gasteiger partial charge >= 0.3 is 0 Å². The van der Waals surface area contributed by atoms with Gasteiger partial charge in [-0.15, -0.1) is 0 Å². The summed E-state index contributed by atoms with van der Waals surface area (Å²) in [6.07, 6.45) is 0.112. The van der Waals surface area contributed by atoms with Crippen LogP contribution >= 0.6 is 0 Å². The monoisotopic (exact) mass is 340 g/mol. The zero-order valence-corrected chi connectivity index (χ0v) is 15.3. The van der Waals surface area contributed by atoms with E-state index < -0.39 is 0 Å². The van der Waals surface area contributed by atoms with E-state index in [9.17, 15) is 0 Å². The summed E-state index contributed by atoms with van der Waals surface area (Å²) in [4.78, 5) is 0. The average Bonchev–Trinajstić information content (AvgIpc) is 2.64. The molecule has 0 bridgehead atoms. The van der Waals surface area contributed by atoms with Crippen LogP contribution in [0.25, 0.3) is 0 Å². The molecule has 1 aliphatic heterocycles. The van der Waals surface area contributed by atoms with E-state index in [1.807, 2.05) is 36.4 Å². The summed E-state index contributed by atoms with van der Waals surface area (Å²) in [5.41, 5.74) is 2.35. The summed E-state index contributed by atoms with van der Waals surface area (Å²) >= 11 is 0. The molecule has 2 aromatic carbocycles. The van der Waals surface area contributed by atoms with Crippen LogP contribution in [-0.4, -0.2) is 24.4 Å². The molecule has 3 unspecified atom stereocenters. The van der Waals surface area contributed by atoms with Gasteiger partial charge in [0.25, 0.3) is 0 Å². The van der Waals surface area contributed by atoms with Gasteiger partial charge in [0, 0.05) is 5.92 Å². The normalized spacial score (nSPS) is 29.5. The highest BCUT2D eigenvalue weighted by Gasteiger charge is 2.41. The van der Waals surface area contributed by atoms with Crippen molar-refractivity contribution in [1.29, 1.82) is 0 Å². The predicted molar refractivity (Wildman–Crippen MR) is 99.2 cm³/mol. The summed E-state index contributed by atoms with van der Waals surface area (Å²) < 4.78 is 18.6. The summed E-state index contributed by atoms with van der Waals surface area (Å²) in [6, 6.07) is 20.6. The Hall–Kier alpha value is -1.68.